The number of nitrogens with one attached hydrogen (secondary N) is 1. The smallest absolute Gasteiger partial charge is 0.152 e. The van der Waals surface area contributed by atoms with Gasteiger partial charge in [0.05, 0.1) is 17.8 Å². The number of aromatic nitrogens is 3. The third-order valence-corrected chi connectivity index (χ3v) is 4.20. The van der Waals surface area contributed by atoms with Crippen molar-refractivity contribution in [2.75, 3.05) is 11.9 Å². The summed E-state index contributed by atoms with van der Waals surface area (Å²) in [5.74, 6) is 0.776. The molecular weight excluding hydrogens is 264 g/mol. The van der Waals surface area contributed by atoms with Crippen molar-refractivity contribution in [1.82, 2.24) is 14.6 Å². The van der Waals surface area contributed by atoms with Crippen molar-refractivity contribution < 1.29 is 5.11 Å². The quantitative estimate of drug-likeness (QED) is 0.888. The van der Waals surface area contributed by atoms with Crippen molar-refractivity contribution in [3.8, 4) is 0 Å². The maximum absolute atomic E-state index is 9.73. The monoisotopic (exact) mass is 290 g/mol. The maximum atomic E-state index is 9.73. The van der Waals surface area contributed by atoms with Gasteiger partial charge in [-0.15, -0.1) is 0 Å². The van der Waals surface area contributed by atoms with Crippen LogP contribution in [0.15, 0.2) is 18.5 Å². The Balaban J connectivity index is 2.47. The van der Waals surface area contributed by atoms with Gasteiger partial charge in [0.2, 0.25) is 0 Å². The average Bonchev–Trinajstić information content (AvgIpc) is 2.90. The molecule has 2 aromatic heterocycles. The van der Waals surface area contributed by atoms with Gasteiger partial charge in [-0.25, -0.2) is 9.50 Å². The number of aliphatic hydroxyl groups is 1. The lowest BCUT2D eigenvalue weighted by molar-refractivity contribution is 0.202. The van der Waals surface area contributed by atoms with Gasteiger partial charge >= 0.3 is 0 Å². The summed E-state index contributed by atoms with van der Waals surface area (Å²) in [7, 11) is 0. The highest BCUT2D eigenvalue weighted by molar-refractivity contribution is 5.69. The standard InChI is InChI=1S/C16H26N4O/c1-6-16(7-2,11-21)18-14-12-10-13(15(3,4)5)19-20(12)9-8-17-14/h8-10,21H,6-7,11H2,1-5H3,(H,17,18). The van der Waals surface area contributed by atoms with Gasteiger partial charge in [0.15, 0.2) is 5.82 Å². The second kappa shape index (κ2) is 5.64. The van der Waals surface area contributed by atoms with Crippen molar-refractivity contribution >= 4 is 11.3 Å². The first-order valence-electron chi connectivity index (χ1n) is 7.59. The maximum Gasteiger partial charge on any atom is 0.152 e. The molecule has 2 N–H and O–H groups in total. The number of hydrogen-bond donors (Lipinski definition) is 2. The van der Waals surface area contributed by atoms with Crippen molar-refractivity contribution in [2.24, 2.45) is 0 Å². The topological polar surface area (TPSA) is 62.5 Å². The number of hydrogen-bond acceptors (Lipinski definition) is 4. The predicted octanol–water partition coefficient (Wildman–Crippen LogP) is 2.99. The number of rotatable bonds is 5. The summed E-state index contributed by atoms with van der Waals surface area (Å²) in [5.41, 5.74) is 1.64. The molecule has 21 heavy (non-hydrogen) atoms. The molecule has 116 valence electrons. The van der Waals surface area contributed by atoms with Gasteiger partial charge in [-0.2, -0.15) is 5.10 Å². The molecule has 0 aliphatic carbocycles. The van der Waals surface area contributed by atoms with Crippen LogP contribution in [0.25, 0.3) is 5.52 Å². The van der Waals surface area contributed by atoms with E-state index in [9.17, 15) is 5.11 Å². The molecule has 0 unspecified atom stereocenters. The van der Waals surface area contributed by atoms with Gasteiger partial charge in [-0.1, -0.05) is 34.6 Å². The van der Waals surface area contributed by atoms with Crippen LogP contribution in [-0.2, 0) is 5.41 Å². The Labute approximate surface area is 126 Å². The molecule has 2 aromatic rings. The Morgan fingerprint density at radius 1 is 1.24 bits per heavy atom. The fourth-order valence-electron chi connectivity index (χ4n) is 2.33. The highest BCUT2D eigenvalue weighted by Crippen LogP contribution is 2.27. The molecule has 2 rings (SSSR count). The van der Waals surface area contributed by atoms with Crippen LogP contribution in [0.4, 0.5) is 5.82 Å². The van der Waals surface area contributed by atoms with Gasteiger partial charge in [0.25, 0.3) is 0 Å². The van der Waals surface area contributed by atoms with Crippen LogP contribution < -0.4 is 5.32 Å². The van der Waals surface area contributed by atoms with Gasteiger partial charge in [-0.3, -0.25) is 0 Å². The molecule has 0 aliphatic rings. The minimum atomic E-state index is -0.332. The lowest BCUT2D eigenvalue weighted by atomic mass is 9.92. The third kappa shape index (κ3) is 3.02. The molecule has 5 heteroatoms. The highest BCUT2D eigenvalue weighted by Gasteiger charge is 2.27. The Hall–Kier alpha value is -1.62. The first kappa shape index (κ1) is 15.8. The molecule has 0 bridgehead atoms. The minimum absolute atomic E-state index is 0.00707. The van der Waals surface area contributed by atoms with E-state index in [2.05, 4.69) is 56.1 Å². The molecule has 0 aromatic carbocycles. The number of nitrogens with zero attached hydrogens (tertiary/aromatic N) is 3. The summed E-state index contributed by atoms with van der Waals surface area (Å²) >= 11 is 0. The van der Waals surface area contributed by atoms with Crippen molar-refractivity contribution in [3.63, 3.8) is 0 Å². The van der Waals surface area contributed by atoms with Crippen LogP contribution in [-0.4, -0.2) is 31.9 Å². The van der Waals surface area contributed by atoms with Crippen LogP contribution in [0.2, 0.25) is 0 Å². The van der Waals surface area contributed by atoms with Crippen LogP contribution in [0.5, 0.6) is 0 Å². The van der Waals surface area contributed by atoms with Crippen molar-refractivity contribution in [1.29, 1.82) is 0 Å². The van der Waals surface area contributed by atoms with E-state index in [-0.39, 0.29) is 17.6 Å². The fraction of sp³-hybridized carbons (Fsp3) is 0.625. The summed E-state index contributed by atoms with van der Waals surface area (Å²) in [4.78, 5) is 4.45. The van der Waals surface area contributed by atoms with Crippen LogP contribution in [0, 0.1) is 0 Å². The normalized spacial score (nSPS) is 12.9. The molecule has 0 aliphatic heterocycles. The molecule has 0 saturated heterocycles. The summed E-state index contributed by atoms with van der Waals surface area (Å²) in [6, 6.07) is 2.07. The molecular formula is C16H26N4O. The van der Waals surface area contributed by atoms with E-state index in [1.54, 1.807) is 6.20 Å². The molecule has 0 atom stereocenters. The third-order valence-electron chi connectivity index (χ3n) is 4.20. The lowest BCUT2D eigenvalue weighted by Gasteiger charge is -2.31. The molecule has 0 radical (unpaired) electrons. The van der Waals surface area contributed by atoms with Crippen LogP contribution >= 0.6 is 0 Å². The fourth-order valence-corrected chi connectivity index (χ4v) is 2.33. The molecule has 0 spiro atoms. The van der Waals surface area contributed by atoms with E-state index < -0.39 is 0 Å². The number of fused-ring (bicyclic) bond motifs is 1. The zero-order chi connectivity index (χ0) is 15.7. The molecule has 0 saturated carbocycles. The van der Waals surface area contributed by atoms with Gasteiger partial charge in [0, 0.05) is 17.8 Å². The Kier molecular flexibility index (Phi) is 4.23. The highest BCUT2D eigenvalue weighted by atomic mass is 16.3. The van der Waals surface area contributed by atoms with Crippen molar-refractivity contribution in [2.45, 2.75) is 58.4 Å². The zero-order valence-electron chi connectivity index (χ0n) is 13.6. The number of aliphatic hydroxyl groups excluding tert-OH is 1. The molecule has 0 amide bonds. The largest absolute Gasteiger partial charge is 0.394 e. The summed E-state index contributed by atoms with van der Waals surface area (Å²) in [5, 5.41) is 17.8. The molecule has 2 heterocycles. The van der Waals surface area contributed by atoms with E-state index >= 15 is 0 Å². The number of anilines is 1. The Morgan fingerprint density at radius 3 is 2.43 bits per heavy atom. The van der Waals surface area contributed by atoms with Gasteiger partial charge in [-0.05, 0) is 18.9 Å². The van der Waals surface area contributed by atoms with Crippen LogP contribution in [0.1, 0.15) is 53.2 Å². The Morgan fingerprint density at radius 2 is 1.90 bits per heavy atom. The zero-order valence-corrected chi connectivity index (χ0v) is 13.6. The van der Waals surface area contributed by atoms with E-state index in [0.29, 0.717) is 0 Å². The first-order chi connectivity index (χ1) is 9.85. The summed E-state index contributed by atoms with van der Waals surface area (Å²) in [6.45, 7) is 10.7. The molecule has 0 fully saturated rings. The first-order valence-corrected chi connectivity index (χ1v) is 7.59. The lowest BCUT2D eigenvalue weighted by Crippen LogP contribution is -2.41. The second-order valence-corrected chi connectivity index (χ2v) is 6.66. The minimum Gasteiger partial charge on any atom is -0.394 e. The van der Waals surface area contributed by atoms with Crippen LogP contribution in [0.3, 0.4) is 0 Å². The summed E-state index contributed by atoms with van der Waals surface area (Å²) < 4.78 is 1.85. The Bertz CT molecular complexity index is 600. The van der Waals surface area contributed by atoms with E-state index in [4.69, 9.17) is 0 Å². The van der Waals surface area contributed by atoms with Gasteiger partial charge < -0.3 is 10.4 Å². The van der Waals surface area contributed by atoms with Gasteiger partial charge in [0.1, 0.15) is 5.52 Å². The van der Waals surface area contributed by atoms with E-state index in [1.807, 2.05) is 10.7 Å². The molecule has 5 nitrogen and oxygen atoms in total. The second-order valence-electron chi connectivity index (χ2n) is 6.66. The summed E-state index contributed by atoms with van der Waals surface area (Å²) in [6.07, 6.45) is 5.27. The van der Waals surface area contributed by atoms with Crippen molar-refractivity contribution in [3.05, 3.63) is 24.2 Å². The predicted molar refractivity (Wildman–Crippen MR) is 85.7 cm³/mol. The average molecular weight is 290 g/mol. The SMILES string of the molecule is CCC(CC)(CO)Nc1nccn2nc(C(C)(C)C)cc12. The van der Waals surface area contributed by atoms with E-state index in [0.717, 1.165) is 29.9 Å². The van der Waals surface area contributed by atoms with E-state index in [1.165, 1.54) is 0 Å².